The number of thiazole rings is 1. The largest absolute Gasteiger partial charge is 0.302 e. The van der Waals surface area contributed by atoms with Crippen molar-refractivity contribution in [3.05, 3.63) is 24.3 Å². The number of carbonyl (C=O) groups is 1. The summed E-state index contributed by atoms with van der Waals surface area (Å²) in [4.78, 5) is 16.7. The molecule has 4 heteroatoms. The van der Waals surface area contributed by atoms with Gasteiger partial charge in [0, 0.05) is 5.92 Å². The predicted molar refractivity (Wildman–Crippen MR) is 79.4 cm³/mol. The Balaban J connectivity index is 1.71. The summed E-state index contributed by atoms with van der Waals surface area (Å²) in [7, 11) is 0. The number of carbonyl (C=O) groups excluding carboxylic acids is 1. The number of rotatable bonds is 2. The topological polar surface area (TPSA) is 42.0 Å². The molecule has 2 unspecified atom stereocenters. The fraction of sp³-hybridized carbons (Fsp3) is 0.467. The lowest BCUT2D eigenvalue weighted by molar-refractivity contribution is -0.121. The first kappa shape index (κ1) is 12.6. The van der Waals surface area contributed by atoms with E-state index in [-0.39, 0.29) is 11.8 Å². The molecule has 0 bridgehead atoms. The fourth-order valence-corrected chi connectivity index (χ4v) is 3.67. The summed E-state index contributed by atoms with van der Waals surface area (Å²) in [6.07, 6.45) is 4.45. The molecule has 1 aliphatic carbocycles. The monoisotopic (exact) mass is 274 g/mol. The highest BCUT2D eigenvalue weighted by molar-refractivity contribution is 7.22. The number of fused-ring (bicyclic) bond motifs is 1. The molecule has 1 amide bonds. The van der Waals surface area contributed by atoms with Crippen molar-refractivity contribution in [1.82, 2.24) is 4.98 Å². The number of aromatic nitrogens is 1. The Kier molecular flexibility index (Phi) is 3.51. The highest BCUT2D eigenvalue weighted by Gasteiger charge is 2.25. The number of nitrogens with zero attached hydrogens (tertiary/aromatic N) is 1. The summed E-state index contributed by atoms with van der Waals surface area (Å²) in [5.74, 6) is 0.973. The zero-order valence-electron chi connectivity index (χ0n) is 11.1. The van der Waals surface area contributed by atoms with E-state index in [1.807, 2.05) is 24.3 Å². The first-order valence-corrected chi connectivity index (χ1v) is 7.70. The second-order valence-electron chi connectivity index (χ2n) is 5.44. The smallest absolute Gasteiger partial charge is 0.229 e. The average Bonchev–Trinajstić information content (AvgIpc) is 2.80. The van der Waals surface area contributed by atoms with Crippen LogP contribution in [0.5, 0.6) is 0 Å². The van der Waals surface area contributed by atoms with Gasteiger partial charge in [-0.2, -0.15) is 0 Å². The van der Waals surface area contributed by atoms with Gasteiger partial charge >= 0.3 is 0 Å². The van der Waals surface area contributed by atoms with E-state index in [1.54, 1.807) is 11.3 Å². The minimum absolute atomic E-state index is 0.144. The molecule has 1 aromatic carbocycles. The van der Waals surface area contributed by atoms with Gasteiger partial charge in [0.25, 0.3) is 0 Å². The first-order chi connectivity index (χ1) is 9.22. The maximum atomic E-state index is 12.2. The van der Waals surface area contributed by atoms with E-state index in [1.165, 1.54) is 12.8 Å². The van der Waals surface area contributed by atoms with Gasteiger partial charge in [-0.05, 0) is 30.9 Å². The van der Waals surface area contributed by atoms with Crippen LogP contribution in [0.1, 0.15) is 32.6 Å². The summed E-state index contributed by atoms with van der Waals surface area (Å²) in [6.45, 7) is 2.23. The third-order valence-corrected chi connectivity index (χ3v) is 4.78. The molecular weight excluding hydrogens is 256 g/mol. The quantitative estimate of drug-likeness (QED) is 0.897. The molecule has 3 rings (SSSR count). The molecule has 0 aliphatic heterocycles. The number of para-hydroxylation sites is 1. The van der Waals surface area contributed by atoms with Gasteiger partial charge in [-0.25, -0.2) is 4.98 Å². The third-order valence-electron chi connectivity index (χ3n) is 3.83. The maximum absolute atomic E-state index is 12.2. The zero-order valence-corrected chi connectivity index (χ0v) is 11.9. The van der Waals surface area contributed by atoms with Crippen molar-refractivity contribution < 1.29 is 4.79 Å². The number of anilines is 1. The Morgan fingerprint density at radius 3 is 3.00 bits per heavy atom. The molecule has 1 N–H and O–H groups in total. The first-order valence-electron chi connectivity index (χ1n) is 6.89. The number of amides is 1. The van der Waals surface area contributed by atoms with Crippen molar-refractivity contribution in [3.8, 4) is 0 Å². The second-order valence-corrected chi connectivity index (χ2v) is 6.48. The van der Waals surface area contributed by atoms with Crippen LogP contribution in [0.2, 0.25) is 0 Å². The lowest BCUT2D eigenvalue weighted by Gasteiger charge is -2.25. The normalized spacial score (nSPS) is 23.4. The molecule has 1 heterocycles. The Morgan fingerprint density at radius 2 is 2.21 bits per heavy atom. The molecule has 0 radical (unpaired) electrons. The zero-order chi connectivity index (χ0) is 13.2. The highest BCUT2D eigenvalue weighted by atomic mass is 32.1. The van der Waals surface area contributed by atoms with E-state index in [0.29, 0.717) is 5.92 Å². The molecule has 1 saturated carbocycles. The summed E-state index contributed by atoms with van der Waals surface area (Å²) in [5, 5.41) is 3.72. The van der Waals surface area contributed by atoms with Crippen LogP contribution in [0.3, 0.4) is 0 Å². The Bertz CT molecular complexity index is 560. The molecule has 1 aliphatic rings. The lowest BCUT2D eigenvalue weighted by Crippen LogP contribution is -2.27. The van der Waals surface area contributed by atoms with Crippen LogP contribution < -0.4 is 5.32 Å². The number of nitrogens with one attached hydrogen (secondary N) is 1. The molecule has 3 nitrogen and oxygen atoms in total. The third kappa shape index (κ3) is 2.78. The number of benzene rings is 1. The number of hydrogen-bond donors (Lipinski definition) is 1. The van der Waals surface area contributed by atoms with E-state index in [9.17, 15) is 4.79 Å². The van der Waals surface area contributed by atoms with Crippen LogP contribution in [0.25, 0.3) is 10.2 Å². The van der Waals surface area contributed by atoms with Gasteiger partial charge in [0.2, 0.25) is 5.91 Å². The van der Waals surface area contributed by atoms with Crippen LogP contribution in [0.4, 0.5) is 5.13 Å². The number of hydrogen-bond acceptors (Lipinski definition) is 3. The van der Waals surface area contributed by atoms with Crippen molar-refractivity contribution in [1.29, 1.82) is 0 Å². The van der Waals surface area contributed by atoms with E-state index < -0.39 is 0 Å². The molecule has 0 spiro atoms. The molecule has 100 valence electrons. The molecule has 0 saturated heterocycles. The van der Waals surface area contributed by atoms with Crippen LogP contribution in [-0.2, 0) is 4.79 Å². The van der Waals surface area contributed by atoms with Crippen molar-refractivity contribution in [2.24, 2.45) is 11.8 Å². The van der Waals surface area contributed by atoms with Crippen LogP contribution >= 0.6 is 11.3 Å². The van der Waals surface area contributed by atoms with Gasteiger partial charge < -0.3 is 5.32 Å². The molecule has 2 aromatic rings. The standard InChI is InChI=1S/C15H18N2OS/c1-10-5-4-6-11(9-10)14(18)17-15-16-12-7-2-3-8-13(12)19-15/h2-3,7-8,10-11H,4-6,9H2,1H3,(H,16,17,18). The summed E-state index contributed by atoms with van der Waals surface area (Å²) < 4.78 is 1.12. The van der Waals surface area contributed by atoms with Crippen molar-refractivity contribution in [2.45, 2.75) is 32.6 Å². The Labute approximate surface area is 117 Å². The molecule has 1 fully saturated rings. The SMILES string of the molecule is CC1CCCC(C(=O)Nc2nc3ccccc3s2)C1. The summed E-state index contributed by atoms with van der Waals surface area (Å²) in [6, 6.07) is 7.97. The lowest BCUT2D eigenvalue weighted by atomic mass is 9.82. The van der Waals surface area contributed by atoms with Gasteiger partial charge in [-0.15, -0.1) is 0 Å². The van der Waals surface area contributed by atoms with Gasteiger partial charge in [0.15, 0.2) is 5.13 Å². The van der Waals surface area contributed by atoms with Crippen molar-refractivity contribution in [2.75, 3.05) is 5.32 Å². The van der Waals surface area contributed by atoms with E-state index in [2.05, 4.69) is 17.2 Å². The van der Waals surface area contributed by atoms with Gasteiger partial charge in [0.05, 0.1) is 10.2 Å². The maximum Gasteiger partial charge on any atom is 0.229 e. The highest BCUT2D eigenvalue weighted by Crippen LogP contribution is 2.31. The van der Waals surface area contributed by atoms with Crippen molar-refractivity contribution >= 4 is 32.6 Å². The Hall–Kier alpha value is -1.42. The molecule has 1 aromatic heterocycles. The molecular formula is C15H18N2OS. The fourth-order valence-electron chi connectivity index (χ4n) is 2.81. The molecule has 2 atom stereocenters. The minimum Gasteiger partial charge on any atom is -0.302 e. The summed E-state index contributed by atoms with van der Waals surface area (Å²) >= 11 is 1.55. The van der Waals surface area contributed by atoms with E-state index >= 15 is 0 Å². The van der Waals surface area contributed by atoms with Gasteiger partial charge in [-0.3, -0.25) is 4.79 Å². The predicted octanol–water partition coefficient (Wildman–Crippen LogP) is 4.06. The van der Waals surface area contributed by atoms with Gasteiger partial charge in [-0.1, -0.05) is 43.2 Å². The molecule has 19 heavy (non-hydrogen) atoms. The van der Waals surface area contributed by atoms with Crippen LogP contribution in [0.15, 0.2) is 24.3 Å². The van der Waals surface area contributed by atoms with E-state index in [0.717, 1.165) is 28.2 Å². The summed E-state index contributed by atoms with van der Waals surface area (Å²) in [5.41, 5.74) is 0.958. The van der Waals surface area contributed by atoms with Crippen LogP contribution in [0, 0.1) is 11.8 Å². The van der Waals surface area contributed by atoms with Gasteiger partial charge in [0.1, 0.15) is 0 Å². The average molecular weight is 274 g/mol. The van der Waals surface area contributed by atoms with E-state index in [4.69, 9.17) is 0 Å². The van der Waals surface area contributed by atoms with Crippen LogP contribution in [-0.4, -0.2) is 10.9 Å². The second kappa shape index (κ2) is 5.29. The van der Waals surface area contributed by atoms with Crippen molar-refractivity contribution in [3.63, 3.8) is 0 Å². The Morgan fingerprint density at radius 1 is 1.37 bits per heavy atom. The minimum atomic E-state index is 0.144.